The molecule has 2 nitrogen and oxygen atoms in total. The van der Waals surface area contributed by atoms with Crippen molar-refractivity contribution in [1.82, 2.24) is 4.98 Å². The van der Waals surface area contributed by atoms with Crippen molar-refractivity contribution >= 4 is 16.7 Å². The molecule has 1 unspecified atom stereocenters. The highest BCUT2D eigenvalue weighted by atomic mass is 16.1. The van der Waals surface area contributed by atoms with Crippen LogP contribution >= 0.6 is 0 Å². The van der Waals surface area contributed by atoms with Crippen LogP contribution < -0.4 is 0 Å². The topological polar surface area (TPSA) is 30.0 Å². The van der Waals surface area contributed by atoms with Gasteiger partial charge in [0, 0.05) is 23.6 Å². The number of pyridine rings is 1. The molecule has 2 aromatic rings. The summed E-state index contributed by atoms with van der Waals surface area (Å²) in [7, 11) is 0. The fourth-order valence-corrected chi connectivity index (χ4v) is 2.37. The Hall–Kier alpha value is -1.70. The minimum absolute atomic E-state index is 0.231. The maximum Gasteiger partial charge on any atom is 0.163 e. The van der Waals surface area contributed by atoms with Crippen molar-refractivity contribution in [3.8, 4) is 0 Å². The molecule has 0 saturated carbocycles. The van der Waals surface area contributed by atoms with Gasteiger partial charge in [0.15, 0.2) is 5.78 Å². The SMILES string of the molecule is CCCC(C)CC(=O)c1cccc2ncccc12. The molecule has 18 heavy (non-hydrogen) atoms. The zero-order valence-corrected chi connectivity index (χ0v) is 11.0. The number of nitrogens with zero attached hydrogens (tertiary/aromatic N) is 1. The van der Waals surface area contributed by atoms with E-state index in [2.05, 4.69) is 18.8 Å². The minimum Gasteiger partial charge on any atom is -0.294 e. The fourth-order valence-electron chi connectivity index (χ4n) is 2.37. The van der Waals surface area contributed by atoms with Gasteiger partial charge in [-0.25, -0.2) is 0 Å². The molecular formula is C16H19NO. The second kappa shape index (κ2) is 5.76. The third kappa shape index (κ3) is 2.76. The highest BCUT2D eigenvalue weighted by Crippen LogP contribution is 2.21. The maximum atomic E-state index is 12.3. The number of carbonyl (C=O) groups is 1. The monoisotopic (exact) mass is 241 g/mol. The summed E-state index contributed by atoms with van der Waals surface area (Å²) in [6.07, 6.45) is 4.62. The van der Waals surface area contributed by atoms with E-state index in [-0.39, 0.29) is 5.78 Å². The van der Waals surface area contributed by atoms with E-state index in [1.807, 2.05) is 30.3 Å². The quantitative estimate of drug-likeness (QED) is 0.733. The van der Waals surface area contributed by atoms with Crippen LogP contribution in [0.15, 0.2) is 36.5 Å². The molecule has 1 heterocycles. The van der Waals surface area contributed by atoms with E-state index in [0.717, 1.165) is 29.3 Å². The summed E-state index contributed by atoms with van der Waals surface area (Å²) in [5, 5.41) is 0.966. The summed E-state index contributed by atoms with van der Waals surface area (Å²) in [4.78, 5) is 16.6. The first-order valence-corrected chi connectivity index (χ1v) is 6.59. The summed E-state index contributed by atoms with van der Waals surface area (Å²) in [5.74, 6) is 0.684. The number of fused-ring (bicyclic) bond motifs is 1. The second-order valence-electron chi connectivity index (χ2n) is 4.90. The van der Waals surface area contributed by atoms with Crippen LogP contribution in [-0.4, -0.2) is 10.8 Å². The summed E-state index contributed by atoms with van der Waals surface area (Å²) in [6, 6.07) is 9.62. The average molecular weight is 241 g/mol. The Morgan fingerprint density at radius 3 is 2.89 bits per heavy atom. The van der Waals surface area contributed by atoms with Crippen molar-refractivity contribution < 1.29 is 4.79 Å². The molecule has 0 aliphatic heterocycles. The Morgan fingerprint density at radius 2 is 2.11 bits per heavy atom. The van der Waals surface area contributed by atoms with E-state index in [0.29, 0.717) is 12.3 Å². The summed E-state index contributed by atoms with van der Waals surface area (Å²) < 4.78 is 0. The number of benzene rings is 1. The summed E-state index contributed by atoms with van der Waals surface area (Å²) in [5.41, 5.74) is 1.70. The Balaban J connectivity index is 2.28. The number of aromatic nitrogens is 1. The standard InChI is InChI=1S/C16H19NO/c1-3-6-12(2)11-16(18)14-7-4-9-15-13(14)8-5-10-17-15/h4-5,7-10,12H,3,6,11H2,1-2H3. The van der Waals surface area contributed by atoms with Crippen LogP contribution in [0.1, 0.15) is 43.5 Å². The van der Waals surface area contributed by atoms with Gasteiger partial charge in [-0.2, -0.15) is 0 Å². The predicted octanol–water partition coefficient (Wildman–Crippen LogP) is 4.24. The molecule has 1 aromatic heterocycles. The minimum atomic E-state index is 0.231. The lowest BCUT2D eigenvalue weighted by Gasteiger charge is -2.10. The molecule has 1 atom stereocenters. The molecule has 0 aliphatic rings. The molecule has 0 N–H and O–H groups in total. The zero-order chi connectivity index (χ0) is 13.0. The van der Waals surface area contributed by atoms with Crippen LogP contribution in [0.25, 0.3) is 10.9 Å². The molecule has 2 rings (SSSR count). The van der Waals surface area contributed by atoms with Gasteiger partial charge in [0.25, 0.3) is 0 Å². The number of ketones is 1. The Kier molecular flexibility index (Phi) is 4.08. The smallest absolute Gasteiger partial charge is 0.163 e. The molecule has 0 radical (unpaired) electrons. The molecule has 0 fully saturated rings. The molecule has 1 aromatic carbocycles. The van der Waals surface area contributed by atoms with Gasteiger partial charge < -0.3 is 0 Å². The predicted molar refractivity (Wildman–Crippen MR) is 74.8 cm³/mol. The molecule has 0 amide bonds. The molecule has 94 valence electrons. The third-order valence-electron chi connectivity index (χ3n) is 3.26. The first kappa shape index (κ1) is 12.7. The van der Waals surface area contributed by atoms with Crippen LogP contribution in [0.4, 0.5) is 0 Å². The lowest BCUT2D eigenvalue weighted by Crippen LogP contribution is -2.06. The van der Waals surface area contributed by atoms with Gasteiger partial charge in [0.05, 0.1) is 5.52 Å². The van der Waals surface area contributed by atoms with E-state index in [9.17, 15) is 4.79 Å². The normalized spacial score (nSPS) is 12.6. The Morgan fingerprint density at radius 1 is 1.28 bits per heavy atom. The van der Waals surface area contributed by atoms with E-state index in [4.69, 9.17) is 0 Å². The van der Waals surface area contributed by atoms with E-state index in [1.165, 1.54) is 0 Å². The van der Waals surface area contributed by atoms with E-state index < -0.39 is 0 Å². The van der Waals surface area contributed by atoms with Crippen molar-refractivity contribution in [1.29, 1.82) is 0 Å². The van der Waals surface area contributed by atoms with Crippen molar-refractivity contribution in [2.24, 2.45) is 5.92 Å². The second-order valence-corrected chi connectivity index (χ2v) is 4.90. The van der Waals surface area contributed by atoms with Crippen LogP contribution in [0.3, 0.4) is 0 Å². The highest BCUT2D eigenvalue weighted by molar-refractivity contribution is 6.07. The molecule has 0 aliphatic carbocycles. The summed E-state index contributed by atoms with van der Waals surface area (Å²) in [6.45, 7) is 4.30. The van der Waals surface area contributed by atoms with E-state index >= 15 is 0 Å². The Bertz CT molecular complexity index is 542. The van der Waals surface area contributed by atoms with Gasteiger partial charge in [-0.1, -0.05) is 44.9 Å². The van der Waals surface area contributed by atoms with Crippen molar-refractivity contribution in [2.75, 3.05) is 0 Å². The van der Waals surface area contributed by atoms with Crippen LogP contribution in [0.5, 0.6) is 0 Å². The lowest BCUT2D eigenvalue weighted by molar-refractivity contribution is 0.0964. The van der Waals surface area contributed by atoms with Crippen LogP contribution in [-0.2, 0) is 0 Å². The molecule has 0 spiro atoms. The number of carbonyl (C=O) groups excluding carboxylic acids is 1. The van der Waals surface area contributed by atoms with E-state index in [1.54, 1.807) is 6.20 Å². The molecule has 0 bridgehead atoms. The zero-order valence-electron chi connectivity index (χ0n) is 11.0. The van der Waals surface area contributed by atoms with Gasteiger partial charge >= 0.3 is 0 Å². The molecule has 0 saturated heterocycles. The van der Waals surface area contributed by atoms with Gasteiger partial charge in [-0.05, 0) is 18.1 Å². The van der Waals surface area contributed by atoms with Crippen molar-refractivity contribution in [3.05, 3.63) is 42.1 Å². The highest BCUT2D eigenvalue weighted by Gasteiger charge is 2.13. The number of Topliss-reactive ketones (excluding diaryl/α,β-unsaturated/α-hetero) is 1. The number of hydrogen-bond donors (Lipinski definition) is 0. The molecule has 2 heteroatoms. The van der Waals surface area contributed by atoms with Gasteiger partial charge in [-0.15, -0.1) is 0 Å². The van der Waals surface area contributed by atoms with Crippen LogP contribution in [0.2, 0.25) is 0 Å². The summed E-state index contributed by atoms with van der Waals surface area (Å²) >= 11 is 0. The van der Waals surface area contributed by atoms with Gasteiger partial charge in [0.1, 0.15) is 0 Å². The van der Waals surface area contributed by atoms with Gasteiger partial charge in [0.2, 0.25) is 0 Å². The third-order valence-corrected chi connectivity index (χ3v) is 3.26. The fraction of sp³-hybridized carbons (Fsp3) is 0.375. The number of rotatable bonds is 5. The first-order chi connectivity index (χ1) is 8.72. The molecular weight excluding hydrogens is 222 g/mol. The lowest BCUT2D eigenvalue weighted by atomic mass is 9.94. The average Bonchev–Trinajstić information content (AvgIpc) is 2.38. The van der Waals surface area contributed by atoms with Crippen molar-refractivity contribution in [2.45, 2.75) is 33.1 Å². The first-order valence-electron chi connectivity index (χ1n) is 6.59. The number of hydrogen-bond acceptors (Lipinski definition) is 2. The van der Waals surface area contributed by atoms with Gasteiger partial charge in [-0.3, -0.25) is 9.78 Å². The van der Waals surface area contributed by atoms with Crippen molar-refractivity contribution in [3.63, 3.8) is 0 Å². The maximum absolute atomic E-state index is 12.3. The Labute approximate surface area is 108 Å². The van der Waals surface area contributed by atoms with Crippen LogP contribution in [0, 0.1) is 5.92 Å². The largest absolute Gasteiger partial charge is 0.294 e.